The van der Waals surface area contributed by atoms with Crippen LogP contribution in [0.2, 0.25) is 0 Å². The number of aromatic nitrogens is 3. The third kappa shape index (κ3) is 4.95. The third-order valence-electron chi connectivity index (χ3n) is 4.26. The van der Waals surface area contributed by atoms with E-state index in [4.69, 9.17) is 4.42 Å². The standard InChI is InChI=1S/C21H23FN4O2S/c1-4-11-26-19(16-9-5-6-10-17(16)22)24-25-21(26)29-18(14(2)3)20(27)23-13-15-8-7-12-28-15/h4-10,12,14,18H,1,11,13H2,2-3H3,(H,23,27). The third-order valence-corrected chi connectivity index (χ3v) is 5.78. The summed E-state index contributed by atoms with van der Waals surface area (Å²) in [5.41, 5.74) is 0.358. The summed E-state index contributed by atoms with van der Waals surface area (Å²) < 4.78 is 21.3. The summed E-state index contributed by atoms with van der Waals surface area (Å²) in [6.07, 6.45) is 3.26. The lowest BCUT2D eigenvalue weighted by Gasteiger charge is -2.19. The number of hydrogen-bond donors (Lipinski definition) is 1. The number of nitrogens with zero attached hydrogens (tertiary/aromatic N) is 3. The summed E-state index contributed by atoms with van der Waals surface area (Å²) in [5, 5.41) is 11.4. The lowest BCUT2D eigenvalue weighted by atomic mass is 10.1. The second kappa shape index (κ2) is 9.56. The van der Waals surface area contributed by atoms with Gasteiger partial charge in [-0.15, -0.1) is 16.8 Å². The molecule has 1 atom stereocenters. The summed E-state index contributed by atoms with van der Waals surface area (Å²) in [5.74, 6) is 0.634. The number of furan rings is 1. The van der Waals surface area contributed by atoms with E-state index in [1.807, 2.05) is 13.8 Å². The maximum atomic E-state index is 14.3. The van der Waals surface area contributed by atoms with Gasteiger partial charge in [0, 0.05) is 6.54 Å². The van der Waals surface area contributed by atoms with Crippen LogP contribution in [0.1, 0.15) is 19.6 Å². The van der Waals surface area contributed by atoms with Gasteiger partial charge in [-0.3, -0.25) is 9.36 Å². The van der Waals surface area contributed by atoms with E-state index in [0.29, 0.717) is 35.4 Å². The van der Waals surface area contributed by atoms with Gasteiger partial charge in [0.15, 0.2) is 11.0 Å². The van der Waals surface area contributed by atoms with Crippen LogP contribution < -0.4 is 5.32 Å². The maximum Gasteiger partial charge on any atom is 0.234 e. The molecule has 1 unspecified atom stereocenters. The number of benzene rings is 1. The first-order valence-corrected chi connectivity index (χ1v) is 10.1. The predicted octanol–water partition coefficient (Wildman–Crippen LogP) is 4.30. The summed E-state index contributed by atoms with van der Waals surface area (Å²) in [7, 11) is 0. The Hall–Kier alpha value is -2.87. The van der Waals surface area contributed by atoms with Crippen molar-refractivity contribution in [2.24, 2.45) is 5.92 Å². The van der Waals surface area contributed by atoms with Gasteiger partial charge in [0.2, 0.25) is 5.91 Å². The number of allylic oxidation sites excluding steroid dienone is 1. The van der Waals surface area contributed by atoms with Crippen LogP contribution in [0.25, 0.3) is 11.4 Å². The Morgan fingerprint density at radius 3 is 2.76 bits per heavy atom. The number of amides is 1. The average molecular weight is 415 g/mol. The molecule has 3 aromatic rings. The smallest absolute Gasteiger partial charge is 0.234 e. The molecule has 29 heavy (non-hydrogen) atoms. The van der Waals surface area contributed by atoms with E-state index in [9.17, 15) is 9.18 Å². The highest BCUT2D eigenvalue weighted by Crippen LogP contribution is 2.31. The lowest BCUT2D eigenvalue weighted by Crippen LogP contribution is -2.35. The molecular formula is C21H23FN4O2S. The van der Waals surface area contributed by atoms with Gasteiger partial charge >= 0.3 is 0 Å². The van der Waals surface area contributed by atoms with Crippen LogP contribution in [0.15, 0.2) is 64.9 Å². The van der Waals surface area contributed by atoms with Crippen molar-refractivity contribution in [3.05, 3.63) is 66.9 Å². The summed E-state index contributed by atoms with van der Waals surface area (Å²) >= 11 is 1.31. The molecule has 8 heteroatoms. The van der Waals surface area contributed by atoms with Crippen molar-refractivity contribution in [1.82, 2.24) is 20.1 Å². The lowest BCUT2D eigenvalue weighted by molar-refractivity contribution is -0.121. The first-order chi connectivity index (χ1) is 14.0. The van der Waals surface area contributed by atoms with Crippen molar-refractivity contribution in [2.45, 2.75) is 37.3 Å². The van der Waals surface area contributed by atoms with E-state index in [-0.39, 0.29) is 17.6 Å². The highest BCUT2D eigenvalue weighted by atomic mass is 32.2. The second-order valence-electron chi connectivity index (χ2n) is 6.76. The number of rotatable bonds is 9. The molecule has 0 saturated heterocycles. The Morgan fingerprint density at radius 1 is 1.31 bits per heavy atom. The number of hydrogen-bond acceptors (Lipinski definition) is 5. The van der Waals surface area contributed by atoms with Gasteiger partial charge in [-0.2, -0.15) is 0 Å². The van der Waals surface area contributed by atoms with E-state index in [1.165, 1.54) is 17.8 Å². The molecule has 0 radical (unpaired) electrons. The summed E-state index contributed by atoms with van der Waals surface area (Å²) in [6.45, 7) is 8.42. The minimum atomic E-state index is -0.397. The molecule has 0 spiro atoms. The van der Waals surface area contributed by atoms with E-state index >= 15 is 0 Å². The van der Waals surface area contributed by atoms with E-state index < -0.39 is 5.25 Å². The Kier molecular flexibility index (Phi) is 6.87. The van der Waals surface area contributed by atoms with Gasteiger partial charge in [-0.25, -0.2) is 4.39 Å². The van der Waals surface area contributed by atoms with Gasteiger partial charge in [0.05, 0.1) is 23.6 Å². The van der Waals surface area contributed by atoms with Crippen LogP contribution in [-0.4, -0.2) is 25.9 Å². The highest BCUT2D eigenvalue weighted by molar-refractivity contribution is 8.00. The Balaban J connectivity index is 1.83. The highest BCUT2D eigenvalue weighted by Gasteiger charge is 2.27. The molecule has 0 aliphatic heterocycles. The normalized spacial score (nSPS) is 12.1. The zero-order valence-electron chi connectivity index (χ0n) is 16.3. The molecule has 1 amide bonds. The van der Waals surface area contributed by atoms with Crippen LogP contribution in [0.3, 0.4) is 0 Å². The van der Waals surface area contributed by atoms with E-state index in [2.05, 4.69) is 22.1 Å². The van der Waals surface area contributed by atoms with Crippen molar-refractivity contribution in [3.8, 4) is 11.4 Å². The fourth-order valence-electron chi connectivity index (χ4n) is 2.81. The molecule has 0 bridgehead atoms. The van der Waals surface area contributed by atoms with E-state index in [0.717, 1.165) is 0 Å². The van der Waals surface area contributed by atoms with Crippen LogP contribution in [0.4, 0.5) is 4.39 Å². The molecule has 6 nitrogen and oxygen atoms in total. The molecule has 1 aromatic carbocycles. The van der Waals surface area contributed by atoms with Crippen LogP contribution in [-0.2, 0) is 17.9 Å². The molecule has 1 N–H and O–H groups in total. The first-order valence-electron chi connectivity index (χ1n) is 9.27. The molecule has 0 fully saturated rings. The zero-order valence-corrected chi connectivity index (χ0v) is 17.2. The van der Waals surface area contributed by atoms with E-state index in [1.54, 1.807) is 47.2 Å². The summed E-state index contributed by atoms with van der Waals surface area (Å²) in [4.78, 5) is 12.8. The average Bonchev–Trinajstić information content (AvgIpc) is 3.35. The maximum absolute atomic E-state index is 14.3. The van der Waals surface area contributed by atoms with Crippen LogP contribution >= 0.6 is 11.8 Å². The number of carbonyl (C=O) groups excluding carboxylic acids is 1. The molecule has 3 rings (SSSR count). The van der Waals surface area contributed by atoms with Crippen molar-refractivity contribution < 1.29 is 13.6 Å². The molecule has 152 valence electrons. The quantitative estimate of drug-likeness (QED) is 0.418. The van der Waals surface area contributed by atoms with Crippen LogP contribution in [0.5, 0.6) is 0 Å². The molecule has 2 heterocycles. The fraction of sp³-hybridized carbons (Fsp3) is 0.286. The Bertz CT molecular complexity index is 969. The monoisotopic (exact) mass is 414 g/mol. The van der Waals surface area contributed by atoms with Crippen molar-refractivity contribution in [1.29, 1.82) is 0 Å². The number of carbonyl (C=O) groups is 1. The topological polar surface area (TPSA) is 73.0 Å². The largest absolute Gasteiger partial charge is 0.467 e. The number of halogens is 1. The van der Waals surface area contributed by atoms with Crippen molar-refractivity contribution in [3.63, 3.8) is 0 Å². The van der Waals surface area contributed by atoms with Crippen molar-refractivity contribution >= 4 is 17.7 Å². The molecular weight excluding hydrogens is 391 g/mol. The van der Waals surface area contributed by atoms with Gasteiger partial charge in [-0.05, 0) is 30.2 Å². The number of nitrogens with one attached hydrogen (secondary N) is 1. The van der Waals surface area contributed by atoms with Crippen LogP contribution in [0, 0.1) is 11.7 Å². The molecule has 0 aliphatic carbocycles. The fourth-order valence-corrected chi connectivity index (χ4v) is 3.87. The van der Waals surface area contributed by atoms with Gasteiger partial charge in [-0.1, -0.05) is 43.8 Å². The van der Waals surface area contributed by atoms with Gasteiger partial charge in [0.25, 0.3) is 0 Å². The zero-order chi connectivity index (χ0) is 20.8. The molecule has 0 saturated carbocycles. The van der Waals surface area contributed by atoms with Crippen molar-refractivity contribution in [2.75, 3.05) is 0 Å². The molecule has 2 aromatic heterocycles. The van der Waals surface area contributed by atoms with Gasteiger partial charge < -0.3 is 9.73 Å². The SMILES string of the molecule is C=CCn1c(SC(C(=O)NCc2ccco2)C(C)C)nnc1-c1ccccc1F. The molecule has 0 aliphatic rings. The first kappa shape index (κ1) is 20.9. The van der Waals surface area contributed by atoms with Gasteiger partial charge in [0.1, 0.15) is 11.6 Å². The number of thioether (sulfide) groups is 1. The Morgan fingerprint density at radius 2 is 2.10 bits per heavy atom. The minimum Gasteiger partial charge on any atom is -0.467 e. The predicted molar refractivity (Wildman–Crippen MR) is 111 cm³/mol. The second-order valence-corrected chi connectivity index (χ2v) is 7.87. The Labute approximate surface area is 173 Å². The summed E-state index contributed by atoms with van der Waals surface area (Å²) in [6, 6.07) is 9.99. The minimum absolute atomic E-state index is 0.0439.